The summed E-state index contributed by atoms with van der Waals surface area (Å²) in [4.78, 5) is 4.20. The number of hydrogen-bond acceptors (Lipinski definition) is 4. The number of rotatable bonds is 4. The predicted molar refractivity (Wildman–Crippen MR) is 87.3 cm³/mol. The summed E-state index contributed by atoms with van der Waals surface area (Å²) in [5.41, 5.74) is 2.05. The molecule has 0 saturated heterocycles. The van der Waals surface area contributed by atoms with Crippen molar-refractivity contribution >= 4 is 27.4 Å². The smallest absolute Gasteiger partial charge is 0.263 e. The second-order valence-electron chi connectivity index (χ2n) is 4.94. The quantitative estimate of drug-likeness (QED) is 0.925. The van der Waals surface area contributed by atoms with Crippen molar-refractivity contribution in [2.75, 3.05) is 11.8 Å². The van der Waals surface area contributed by atoms with Crippen LogP contribution in [0.3, 0.4) is 0 Å². The van der Waals surface area contributed by atoms with E-state index in [4.69, 9.17) is 16.3 Å². The Kier molecular flexibility index (Phi) is 4.63. The van der Waals surface area contributed by atoms with Crippen LogP contribution < -0.4 is 9.46 Å². The van der Waals surface area contributed by atoms with Crippen molar-refractivity contribution in [3.05, 3.63) is 46.1 Å². The number of ether oxygens (including phenoxy) is 1. The molecule has 5 nitrogen and oxygen atoms in total. The molecule has 0 aliphatic rings. The van der Waals surface area contributed by atoms with Gasteiger partial charge in [0.1, 0.15) is 11.6 Å². The Morgan fingerprint density at radius 1 is 1.18 bits per heavy atom. The summed E-state index contributed by atoms with van der Waals surface area (Å²) >= 11 is 5.75. The number of sulfonamides is 1. The van der Waals surface area contributed by atoms with Crippen molar-refractivity contribution in [1.29, 1.82) is 0 Å². The van der Waals surface area contributed by atoms with Crippen LogP contribution in [0.4, 0.5) is 5.82 Å². The molecule has 0 spiro atoms. The van der Waals surface area contributed by atoms with E-state index in [1.807, 2.05) is 6.92 Å². The number of pyridine rings is 1. The Balaban J connectivity index is 2.50. The van der Waals surface area contributed by atoms with Gasteiger partial charge >= 0.3 is 0 Å². The third-order valence-electron chi connectivity index (χ3n) is 3.43. The predicted octanol–water partition coefficient (Wildman–Crippen LogP) is 3.47. The summed E-state index contributed by atoms with van der Waals surface area (Å²) in [6.07, 6.45) is 1.39. The van der Waals surface area contributed by atoms with E-state index in [0.29, 0.717) is 21.9 Å². The first-order chi connectivity index (χ1) is 10.3. The van der Waals surface area contributed by atoms with Gasteiger partial charge in [0.05, 0.1) is 17.0 Å². The lowest BCUT2D eigenvalue weighted by molar-refractivity contribution is 0.410. The van der Waals surface area contributed by atoms with Crippen molar-refractivity contribution in [2.24, 2.45) is 0 Å². The second-order valence-corrected chi connectivity index (χ2v) is 7.00. The van der Waals surface area contributed by atoms with Crippen molar-refractivity contribution in [1.82, 2.24) is 4.98 Å². The van der Waals surface area contributed by atoms with Crippen LogP contribution in [0.25, 0.3) is 0 Å². The monoisotopic (exact) mass is 340 g/mol. The third kappa shape index (κ3) is 3.18. The van der Waals surface area contributed by atoms with E-state index < -0.39 is 10.0 Å². The molecule has 118 valence electrons. The maximum Gasteiger partial charge on any atom is 0.263 e. The molecule has 0 radical (unpaired) electrons. The van der Waals surface area contributed by atoms with Gasteiger partial charge in [0.2, 0.25) is 0 Å². The Bertz CT molecular complexity index is 803. The molecule has 1 aromatic carbocycles. The summed E-state index contributed by atoms with van der Waals surface area (Å²) in [6.45, 7) is 5.32. The summed E-state index contributed by atoms with van der Waals surface area (Å²) in [6, 6.07) is 4.80. The number of aryl methyl sites for hydroxylation is 1. The van der Waals surface area contributed by atoms with E-state index in [1.165, 1.54) is 12.3 Å². The number of nitrogens with zero attached hydrogens (tertiary/aromatic N) is 1. The van der Waals surface area contributed by atoms with Gasteiger partial charge in [-0.3, -0.25) is 4.72 Å². The largest absolute Gasteiger partial charge is 0.496 e. The first-order valence-electron chi connectivity index (χ1n) is 6.55. The molecule has 0 amide bonds. The highest BCUT2D eigenvalue weighted by atomic mass is 35.5. The lowest BCUT2D eigenvalue weighted by Gasteiger charge is -2.16. The normalized spacial score (nSPS) is 11.3. The molecule has 0 atom stereocenters. The van der Waals surface area contributed by atoms with E-state index in [9.17, 15) is 8.42 Å². The van der Waals surface area contributed by atoms with Crippen LogP contribution in [0.5, 0.6) is 5.75 Å². The molecule has 0 unspecified atom stereocenters. The standard InChI is InChI=1S/C15H17ClN2O3S/c1-9-7-13(21-4)10(2)11(3)15(9)22(19,20)18-14-6-5-12(16)8-17-14/h5-8H,1-4H3,(H,17,18). The maximum absolute atomic E-state index is 12.7. The summed E-state index contributed by atoms with van der Waals surface area (Å²) in [7, 11) is -2.19. The second kappa shape index (κ2) is 6.14. The van der Waals surface area contributed by atoms with Gasteiger partial charge < -0.3 is 4.74 Å². The first-order valence-corrected chi connectivity index (χ1v) is 8.41. The van der Waals surface area contributed by atoms with Crippen LogP contribution in [-0.2, 0) is 10.0 Å². The molecule has 2 aromatic rings. The molecule has 1 N–H and O–H groups in total. The molecular formula is C15H17ClN2O3S. The molecule has 0 bridgehead atoms. The zero-order valence-electron chi connectivity index (χ0n) is 12.8. The fourth-order valence-corrected chi connectivity index (χ4v) is 3.92. The number of halogens is 1. The number of benzene rings is 1. The molecule has 0 fully saturated rings. The van der Waals surface area contributed by atoms with Crippen molar-refractivity contribution < 1.29 is 13.2 Å². The lowest BCUT2D eigenvalue weighted by atomic mass is 10.1. The van der Waals surface area contributed by atoms with E-state index in [2.05, 4.69) is 9.71 Å². The van der Waals surface area contributed by atoms with Gasteiger partial charge in [-0.2, -0.15) is 0 Å². The lowest BCUT2D eigenvalue weighted by Crippen LogP contribution is -2.17. The molecule has 22 heavy (non-hydrogen) atoms. The SMILES string of the molecule is COc1cc(C)c(S(=O)(=O)Nc2ccc(Cl)cn2)c(C)c1C. The Morgan fingerprint density at radius 2 is 1.86 bits per heavy atom. The van der Waals surface area contributed by atoms with Gasteiger partial charge in [-0.05, 0) is 55.7 Å². The average Bonchev–Trinajstić information content (AvgIpc) is 2.45. The van der Waals surface area contributed by atoms with Crippen LogP contribution in [0.15, 0.2) is 29.3 Å². The molecule has 0 aliphatic heterocycles. The minimum atomic E-state index is -3.75. The highest BCUT2D eigenvalue weighted by molar-refractivity contribution is 7.92. The number of anilines is 1. The number of aromatic nitrogens is 1. The zero-order valence-corrected chi connectivity index (χ0v) is 14.3. The van der Waals surface area contributed by atoms with Crippen LogP contribution >= 0.6 is 11.6 Å². The fourth-order valence-electron chi connectivity index (χ4n) is 2.27. The molecule has 2 rings (SSSR count). The third-order valence-corrected chi connectivity index (χ3v) is 5.30. The van der Waals surface area contributed by atoms with E-state index >= 15 is 0 Å². The highest BCUT2D eigenvalue weighted by Crippen LogP contribution is 2.31. The maximum atomic E-state index is 12.7. The average molecular weight is 341 g/mol. The van der Waals surface area contributed by atoms with Gasteiger partial charge in [-0.25, -0.2) is 13.4 Å². The van der Waals surface area contributed by atoms with E-state index in [0.717, 1.165) is 5.56 Å². The summed E-state index contributed by atoms with van der Waals surface area (Å²) < 4.78 is 33.0. The van der Waals surface area contributed by atoms with Crippen LogP contribution in [0.1, 0.15) is 16.7 Å². The minimum absolute atomic E-state index is 0.219. The van der Waals surface area contributed by atoms with Crippen LogP contribution in [0.2, 0.25) is 5.02 Å². The Hall–Kier alpha value is -1.79. The molecular weight excluding hydrogens is 324 g/mol. The van der Waals surface area contributed by atoms with Crippen LogP contribution in [0, 0.1) is 20.8 Å². The van der Waals surface area contributed by atoms with Crippen LogP contribution in [-0.4, -0.2) is 20.5 Å². The van der Waals surface area contributed by atoms with Crippen molar-refractivity contribution in [3.8, 4) is 5.75 Å². The zero-order chi connectivity index (χ0) is 16.5. The Labute approximate surface area is 135 Å². The molecule has 7 heteroatoms. The molecule has 1 aromatic heterocycles. The van der Waals surface area contributed by atoms with Gasteiger partial charge in [0.25, 0.3) is 10.0 Å². The topological polar surface area (TPSA) is 68.3 Å². The van der Waals surface area contributed by atoms with Gasteiger partial charge in [0.15, 0.2) is 0 Å². The summed E-state index contributed by atoms with van der Waals surface area (Å²) in [5, 5.41) is 0.440. The van der Waals surface area contributed by atoms with Crippen molar-refractivity contribution in [2.45, 2.75) is 25.7 Å². The van der Waals surface area contributed by atoms with Gasteiger partial charge in [0, 0.05) is 6.20 Å². The highest BCUT2D eigenvalue weighted by Gasteiger charge is 2.23. The van der Waals surface area contributed by atoms with E-state index in [1.54, 1.807) is 33.1 Å². The Morgan fingerprint density at radius 3 is 2.41 bits per heavy atom. The molecule has 0 aliphatic carbocycles. The fraction of sp³-hybridized carbons (Fsp3) is 0.267. The number of nitrogens with one attached hydrogen (secondary N) is 1. The number of methoxy groups -OCH3 is 1. The van der Waals surface area contributed by atoms with Gasteiger partial charge in [-0.15, -0.1) is 0 Å². The van der Waals surface area contributed by atoms with Crippen molar-refractivity contribution in [3.63, 3.8) is 0 Å². The van der Waals surface area contributed by atoms with E-state index in [-0.39, 0.29) is 10.7 Å². The van der Waals surface area contributed by atoms with Gasteiger partial charge in [-0.1, -0.05) is 11.6 Å². The number of hydrogen-bond donors (Lipinski definition) is 1. The first kappa shape index (κ1) is 16.6. The minimum Gasteiger partial charge on any atom is -0.496 e. The summed E-state index contributed by atoms with van der Waals surface area (Å²) in [5.74, 6) is 0.884. The molecule has 0 saturated carbocycles. The molecule has 1 heterocycles.